The van der Waals surface area contributed by atoms with Crippen LogP contribution in [0, 0.1) is 0 Å². The molecule has 2 atom stereocenters. The third-order valence-corrected chi connectivity index (χ3v) is 7.34. The number of carbonyl (C=O) groups excluding carboxylic acids is 1. The van der Waals surface area contributed by atoms with Crippen LogP contribution in [0.4, 0.5) is 10.5 Å². The highest BCUT2D eigenvalue weighted by Gasteiger charge is 2.33. The number of nitrogens with zero attached hydrogens (tertiary/aromatic N) is 3. The molecule has 0 saturated carbocycles. The van der Waals surface area contributed by atoms with Crippen molar-refractivity contribution in [2.45, 2.75) is 57.0 Å². The van der Waals surface area contributed by atoms with E-state index in [0.29, 0.717) is 13.2 Å². The molecular weight excluding hydrogens is 446 g/mol. The largest absolute Gasteiger partial charge is 0.481 e. The quantitative estimate of drug-likeness (QED) is 0.572. The second-order valence-corrected chi connectivity index (χ2v) is 9.41. The van der Waals surface area contributed by atoms with E-state index in [9.17, 15) is 14.7 Å². The predicted molar refractivity (Wildman–Crippen MR) is 132 cm³/mol. The maximum atomic E-state index is 12.6. The summed E-state index contributed by atoms with van der Waals surface area (Å²) in [6.45, 7) is 3.36. The maximum Gasteiger partial charge on any atom is 0.414 e. The van der Waals surface area contributed by atoms with Gasteiger partial charge in [0.25, 0.3) is 0 Å². The molecule has 8 heteroatoms. The Morgan fingerprint density at radius 3 is 2.57 bits per heavy atom. The zero-order chi connectivity index (χ0) is 24.5. The fourth-order valence-electron chi connectivity index (χ4n) is 5.53. The highest BCUT2D eigenvalue weighted by atomic mass is 16.5. The van der Waals surface area contributed by atoms with Gasteiger partial charge in [0.15, 0.2) is 0 Å². The van der Waals surface area contributed by atoms with Crippen molar-refractivity contribution in [3.05, 3.63) is 59.4 Å². The number of hydrogen-bond donors (Lipinski definition) is 1. The van der Waals surface area contributed by atoms with Crippen LogP contribution in [0.5, 0.6) is 0 Å². The lowest BCUT2D eigenvalue weighted by atomic mass is 9.95. The van der Waals surface area contributed by atoms with E-state index >= 15 is 0 Å². The van der Waals surface area contributed by atoms with Crippen molar-refractivity contribution >= 4 is 28.8 Å². The van der Waals surface area contributed by atoms with Gasteiger partial charge >= 0.3 is 12.1 Å². The minimum Gasteiger partial charge on any atom is -0.481 e. The molecule has 3 aromatic rings. The third-order valence-electron chi connectivity index (χ3n) is 7.34. The highest BCUT2D eigenvalue weighted by Crippen LogP contribution is 2.39. The zero-order valence-electron chi connectivity index (χ0n) is 20.1. The first-order valence-corrected chi connectivity index (χ1v) is 12.2. The molecule has 0 bridgehead atoms. The summed E-state index contributed by atoms with van der Waals surface area (Å²) in [4.78, 5) is 31.7. The van der Waals surface area contributed by atoms with Gasteiger partial charge in [-0.1, -0.05) is 30.3 Å². The van der Waals surface area contributed by atoms with Crippen LogP contribution in [-0.4, -0.2) is 53.1 Å². The summed E-state index contributed by atoms with van der Waals surface area (Å²) in [5.41, 5.74) is 4.44. The molecule has 2 unspecified atom stereocenters. The first kappa shape index (κ1) is 23.4. The van der Waals surface area contributed by atoms with E-state index in [0.717, 1.165) is 59.4 Å². The monoisotopic (exact) mass is 477 g/mol. The fourth-order valence-corrected chi connectivity index (χ4v) is 5.53. The van der Waals surface area contributed by atoms with Crippen molar-refractivity contribution in [3.8, 4) is 0 Å². The lowest BCUT2D eigenvalue weighted by Gasteiger charge is -2.34. The first-order valence-electron chi connectivity index (χ1n) is 12.2. The number of benzene rings is 2. The van der Waals surface area contributed by atoms with E-state index in [1.165, 1.54) is 7.11 Å². The molecule has 2 aliphatic heterocycles. The number of fused-ring (bicyclic) bond motifs is 3. The predicted octanol–water partition coefficient (Wildman–Crippen LogP) is 4.71. The third kappa shape index (κ3) is 4.27. The van der Waals surface area contributed by atoms with Crippen LogP contribution in [0.1, 0.15) is 55.1 Å². The number of carboxylic acid groups (broad SMARTS) is 1. The summed E-state index contributed by atoms with van der Waals surface area (Å²) >= 11 is 0. The molecule has 0 spiro atoms. The van der Waals surface area contributed by atoms with Crippen molar-refractivity contribution in [1.29, 1.82) is 0 Å². The minimum atomic E-state index is -0.866. The number of carboxylic acids is 1. The first-order chi connectivity index (χ1) is 17.0. The number of methoxy groups -OCH3 is 1. The minimum absolute atomic E-state index is 0.0268. The zero-order valence-corrected chi connectivity index (χ0v) is 20.1. The number of ether oxygens (including phenoxy) is 2. The summed E-state index contributed by atoms with van der Waals surface area (Å²) in [5, 5.41) is 10.1. The van der Waals surface area contributed by atoms with Crippen LogP contribution in [0.3, 0.4) is 0 Å². The van der Waals surface area contributed by atoms with Crippen LogP contribution >= 0.6 is 0 Å². The Morgan fingerprint density at radius 1 is 1.14 bits per heavy atom. The topological polar surface area (TPSA) is 93.9 Å². The van der Waals surface area contributed by atoms with Gasteiger partial charge in [-0.25, -0.2) is 9.78 Å². The highest BCUT2D eigenvalue weighted by molar-refractivity contribution is 5.95. The molecule has 0 aliphatic carbocycles. The van der Waals surface area contributed by atoms with Gasteiger partial charge in [0, 0.05) is 37.3 Å². The normalized spacial score (nSPS) is 19.4. The van der Waals surface area contributed by atoms with Crippen molar-refractivity contribution in [2.24, 2.45) is 0 Å². The maximum absolute atomic E-state index is 12.6. The summed E-state index contributed by atoms with van der Waals surface area (Å²) in [5.74, 6) is -0.802. The Bertz CT molecular complexity index is 1230. The summed E-state index contributed by atoms with van der Waals surface area (Å²) in [7, 11) is 1.40. The van der Waals surface area contributed by atoms with Crippen LogP contribution in [0.15, 0.2) is 42.5 Å². The molecule has 1 saturated heterocycles. The standard InChI is InChI=1S/C27H31N3O5/c1-17-8-9-20-22(29(17)27(33)34-2)10-11-23-25(20)28-24(30(23)19-12-14-35-15-13-19)16-21(26(31)32)18-6-4-3-5-7-18/h3-7,10-11,17,19,21H,8-9,12-16H2,1-2H3,(H,31,32). The molecule has 1 aromatic heterocycles. The molecule has 3 heterocycles. The molecule has 184 valence electrons. The lowest BCUT2D eigenvalue weighted by molar-refractivity contribution is -0.138. The number of imidazole rings is 1. The molecule has 1 fully saturated rings. The van der Waals surface area contributed by atoms with Crippen molar-refractivity contribution in [1.82, 2.24) is 9.55 Å². The van der Waals surface area contributed by atoms with E-state index in [2.05, 4.69) is 4.57 Å². The van der Waals surface area contributed by atoms with Gasteiger partial charge in [-0.3, -0.25) is 9.69 Å². The van der Waals surface area contributed by atoms with Gasteiger partial charge in [0.2, 0.25) is 0 Å². The molecule has 2 aromatic carbocycles. The van der Waals surface area contributed by atoms with E-state index in [1.807, 2.05) is 49.4 Å². The Balaban J connectivity index is 1.65. The fraction of sp³-hybridized carbons (Fsp3) is 0.444. The van der Waals surface area contributed by atoms with Crippen LogP contribution in [0.25, 0.3) is 11.0 Å². The average molecular weight is 478 g/mol. The average Bonchev–Trinajstić information content (AvgIpc) is 3.26. The number of aliphatic carboxylic acids is 1. The molecule has 0 radical (unpaired) electrons. The molecule has 1 amide bonds. The SMILES string of the molecule is COC(=O)N1c2ccc3c(nc(CC(C(=O)O)c4ccccc4)n3C3CCOCC3)c2CCC1C. The van der Waals surface area contributed by atoms with Crippen LogP contribution in [-0.2, 0) is 27.1 Å². The number of rotatable bonds is 5. The Morgan fingerprint density at radius 2 is 1.89 bits per heavy atom. The number of aromatic nitrogens is 2. The Kier molecular flexibility index (Phi) is 6.47. The molecule has 5 rings (SSSR count). The number of aryl methyl sites for hydroxylation is 1. The second-order valence-electron chi connectivity index (χ2n) is 9.41. The van der Waals surface area contributed by atoms with Crippen LogP contribution < -0.4 is 4.90 Å². The number of anilines is 1. The molecule has 1 N–H and O–H groups in total. The Labute approximate surface area is 204 Å². The molecule has 2 aliphatic rings. The summed E-state index contributed by atoms with van der Waals surface area (Å²) in [6.07, 6.45) is 3.22. The number of carbonyl (C=O) groups is 2. The number of amides is 1. The van der Waals surface area contributed by atoms with Crippen molar-refractivity contribution < 1.29 is 24.2 Å². The molecular formula is C27H31N3O5. The molecule has 35 heavy (non-hydrogen) atoms. The van der Waals surface area contributed by atoms with Gasteiger partial charge in [0.1, 0.15) is 5.82 Å². The van der Waals surface area contributed by atoms with Gasteiger partial charge in [-0.2, -0.15) is 0 Å². The van der Waals surface area contributed by atoms with E-state index < -0.39 is 11.9 Å². The van der Waals surface area contributed by atoms with Gasteiger partial charge in [-0.15, -0.1) is 0 Å². The second kappa shape index (κ2) is 9.70. The van der Waals surface area contributed by atoms with E-state index in [1.54, 1.807) is 4.90 Å². The van der Waals surface area contributed by atoms with Crippen LogP contribution in [0.2, 0.25) is 0 Å². The number of hydrogen-bond acceptors (Lipinski definition) is 5. The lowest BCUT2D eigenvalue weighted by Crippen LogP contribution is -2.42. The van der Waals surface area contributed by atoms with Gasteiger partial charge in [-0.05, 0) is 50.3 Å². The summed E-state index contributed by atoms with van der Waals surface area (Å²) in [6, 6.07) is 13.6. The van der Waals surface area contributed by atoms with Gasteiger partial charge in [0.05, 0.1) is 29.7 Å². The Hall–Kier alpha value is -3.39. The smallest absolute Gasteiger partial charge is 0.414 e. The van der Waals surface area contributed by atoms with Gasteiger partial charge < -0.3 is 19.1 Å². The molecule has 8 nitrogen and oxygen atoms in total. The van der Waals surface area contributed by atoms with E-state index in [4.69, 9.17) is 14.5 Å². The van der Waals surface area contributed by atoms with Crippen molar-refractivity contribution in [3.63, 3.8) is 0 Å². The summed E-state index contributed by atoms with van der Waals surface area (Å²) < 4.78 is 12.9. The van der Waals surface area contributed by atoms with E-state index in [-0.39, 0.29) is 24.6 Å². The van der Waals surface area contributed by atoms with Crippen molar-refractivity contribution in [2.75, 3.05) is 25.2 Å².